The lowest BCUT2D eigenvalue weighted by Crippen LogP contribution is -2.33. The summed E-state index contributed by atoms with van der Waals surface area (Å²) >= 11 is 0. The van der Waals surface area contributed by atoms with E-state index >= 15 is 0 Å². The van der Waals surface area contributed by atoms with Crippen molar-refractivity contribution in [1.82, 2.24) is 9.55 Å². The second-order valence-electron chi connectivity index (χ2n) is 7.16. The second kappa shape index (κ2) is 10.1. The second-order valence-corrected chi connectivity index (χ2v) is 12.2. The molecule has 1 aromatic heterocycles. The molecule has 15 nitrogen and oxygen atoms in total. The molecule has 1 aliphatic rings. The standard InChI is InChI=1S/C16H21N2O13P3/c1-10-8-18(16(21)17-15(10)20)14-7-12(19)13(29-14)9-28-33(24,25)31-34(26,27)30-32(22,23)11-5-3-2-4-6-11/h2-6,8,12-14,19H,7,9H2,1H3,(H,22,23)(H,24,25)(H,26,27)(H,17,20,21)/t12-,13+,14+/m0/s1. The van der Waals surface area contributed by atoms with Crippen LogP contribution in [0.15, 0.2) is 46.1 Å². The lowest BCUT2D eigenvalue weighted by atomic mass is 10.2. The van der Waals surface area contributed by atoms with Crippen molar-refractivity contribution in [1.29, 1.82) is 0 Å². The predicted octanol–water partition coefficient (Wildman–Crippen LogP) is 0.255. The molecule has 18 heteroatoms. The van der Waals surface area contributed by atoms with E-state index in [2.05, 4.69) is 18.1 Å². The van der Waals surface area contributed by atoms with Crippen molar-refractivity contribution in [2.24, 2.45) is 0 Å². The zero-order valence-electron chi connectivity index (χ0n) is 17.4. The molecule has 0 bridgehead atoms. The summed E-state index contributed by atoms with van der Waals surface area (Å²) in [5.74, 6) is 0. The number of hydrogen-bond donors (Lipinski definition) is 5. The first-order chi connectivity index (χ1) is 15.7. The van der Waals surface area contributed by atoms with Crippen LogP contribution in [0.4, 0.5) is 0 Å². The average molecular weight is 542 g/mol. The van der Waals surface area contributed by atoms with Gasteiger partial charge < -0.3 is 24.5 Å². The number of aliphatic hydroxyl groups excluding tert-OH is 1. The Morgan fingerprint density at radius 1 is 1.09 bits per heavy atom. The molecule has 1 fully saturated rings. The number of H-pyrrole nitrogens is 1. The zero-order chi connectivity index (χ0) is 25.3. The van der Waals surface area contributed by atoms with Crippen molar-refractivity contribution in [3.8, 4) is 0 Å². The number of aromatic nitrogens is 2. The molecule has 0 saturated carbocycles. The van der Waals surface area contributed by atoms with E-state index in [9.17, 15) is 43.1 Å². The van der Waals surface area contributed by atoms with E-state index in [0.29, 0.717) is 0 Å². The van der Waals surface area contributed by atoms with Crippen molar-refractivity contribution in [3.05, 3.63) is 62.9 Å². The number of aromatic amines is 1. The summed E-state index contributed by atoms with van der Waals surface area (Å²) in [5.41, 5.74) is -1.22. The molecule has 188 valence electrons. The van der Waals surface area contributed by atoms with Gasteiger partial charge in [0.25, 0.3) is 5.56 Å². The third-order valence-electron chi connectivity index (χ3n) is 4.56. The lowest BCUT2D eigenvalue weighted by molar-refractivity contribution is -0.0450. The molecule has 0 spiro atoms. The van der Waals surface area contributed by atoms with Crippen molar-refractivity contribution in [2.45, 2.75) is 31.8 Å². The van der Waals surface area contributed by atoms with Crippen LogP contribution < -0.4 is 16.6 Å². The fraction of sp³-hybridized carbons (Fsp3) is 0.375. The van der Waals surface area contributed by atoms with E-state index in [1.54, 1.807) is 0 Å². The number of nitrogens with zero attached hydrogens (tertiary/aromatic N) is 1. The summed E-state index contributed by atoms with van der Waals surface area (Å²) in [7, 11) is -15.9. The minimum Gasteiger partial charge on any atom is -0.390 e. The van der Waals surface area contributed by atoms with E-state index in [4.69, 9.17) is 4.74 Å². The third-order valence-corrected chi connectivity index (χ3v) is 9.35. The summed E-state index contributed by atoms with van der Waals surface area (Å²) in [6, 6.07) is 6.47. The molecule has 3 unspecified atom stereocenters. The van der Waals surface area contributed by atoms with Crippen molar-refractivity contribution < 1.29 is 51.4 Å². The van der Waals surface area contributed by atoms with Gasteiger partial charge in [0.1, 0.15) is 12.3 Å². The molecule has 1 saturated heterocycles. The van der Waals surface area contributed by atoms with E-state index in [0.717, 1.165) is 16.7 Å². The Kier molecular flexibility index (Phi) is 7.98. The number of rotatable bonds is 9. The summed E-state index contributed by atoms with van der Waals surface area (Å²) in [6.07, 6.45) is -2.56. The average Bonchev–Trinajstić information content (AvgIpc) is 3.08. The van der Waals surface area contributed by atoms with Gasteiger partial charge in [-0.15, -0.1) is 0 Å². The van der Waals surface area contributed by atoms with Crippen LogP contribution in [-0.2, 0) is 31.6 Å². The fourth-order valence-corrected chi connectivity index (χ4v) is 6.98. The SMILES string of the molecule is Cc1cn([C@H]2C[C@H](O)[C@@H](COP(=O)(O)OP(=O)(O)OP(=O)(O)c3ccccc3)O2)c(=O)[nH]c1=O. The lowest BCUT2D eigenvalue weighted by Gasteiger charge is -2.20. The van der Waals surface area contributed by atoms with Gasteiger partial charge in [-0.3, -0.25) is 23.4 Å². The fourth-order valence-electron chi connectivity index (χ4n) is 2.98. The topological polar surface area (TPSA) is 224 Å². The number of hydrogen-bond acceptors (Lipinski definition) is 10. The van der Waals surface area contributed by atoms with Gasteiger partial charge in [-0.2, -0.15) is 4.31 Å². The Hall–Kier alpha value is -1.73. The molecule has 0 radical (unpaired) electrons. The number of benzene rings is 1. The Balaban J connectivity index is 1.62. The van der Waals surface area contributed by atoms with Gasteiger partial charge in [0.05, 0.1) is 18.0 Å². The van der Waals surface area contributed by atoms with Crippen LogP contribution in [0, 0.1) is 6.92 Å². The number of phosphoric acid groups is 2. The van der Waals surface area contributed by atoms with Crippen LogP contribution in [-0.4, -0.2) is 48.2 Å². The zero-order valence-corrected chi connectivity index (χ0v) is 20.0. The summed E-state index contributed by atoms with van der Waals surface area (Å²) in [6.45, 7) is 0.608. The van der Waals surface area contributed by atoms with Crippen LogP contribution in [0.5, 0.6) is 0 Å². The summed E-state index contributed by atoms with van der Waals surface area (Å²) < 4.78 is 55.6. The Bertz CT molecular complexity index is 1290. The number of phosphoric ester groups is 1. The maximum Gasteiger partial charge on any atom is 0.488 e. The molecule has 34 heavy (non-hydrogen) atoms. The normalized spacial score (nSPS) is 25.9. The minimum absolute atomic E-state index is 0.150. The Labute approximate surface area is 191 Å². The van der Waals surface area contributed by atoms with Gasteiger partial charge in [0.2, 0.25) is 0 Å². The van der Waals surface area contributed by atoms with Crippen molar-refractivity contribution in [3.63, 3.8) is 0 Å². The van der Waals surface area contributed by atoms with Crippen molar-refractivity contribution >= 4 is 28.5 Å². The molecular weight excluding hydrogens is 521 g/mol. The van der Waals surface area contributed by atoms with Crippen LogP contribution in [0.3, 0.4) is 0 Å². The predicted molar refractivity (Wildman–Crippen MR) is 114 cm³/mol. The molecule has 1 aliphatic heterocycles. The smallest absolute Gasteiger partial charge is 0.390 e. The largest absolute Gasteiger partial charge is 0.488 e. The van der Waals surface area contributed by atoms with E-state index < -0.39 is 59.5 Å². The number of ether oxygens (including phenoxy) is 1. The molecule has 5 N–H and O–H groups in total. The highest BCUT2D eigenvalue weighted by Gasteiger charge is 2.43. The van der Waals surface area contributed by atoms with Gasteiger partial charge >= 0.3 is 28.9 Å². The van der Waals surface area contributed by atoms with E-state index in [1.807, 2.05) is 0 Å². The highest BCUT2D eigenvalue weighted by Crippen LogP contribution is 2.67. The molecule has 2 heterocycles. The number of aliphatic hydroxyl groups is 1. The molecule has 3 rings (SSSR count). The van der Waals surface area contributed by atoms with E-state index in [-0.39, 0.29) is 17.3 Å². The first kappa shape index (κ1) is 26.9. The molecule has 1 aromatic carbocycles. The third kappa shape index (κ3) is 6.69. The van der Waals surface area contributed by atoms with Crippen LogP contribution in [0.1, 0.15) is 18.2 Å². The first-order valence-corrected chi connectivity index (χ1v) is 14.0. The highest BCUT2D eigenvalue weighted by molar-refractivity contribution is 7.71. The number of aryl methyl sites for hydroxylation is 1. The maximum absolute atomic E-state index is 12.2. The Morgan fingerprint density at radius 3 is 2.38 bits per heavy atom. The van der Waals surface area contributed by atoms with Gasteiger partial charge in [0.15, 0.2) is 0 Å². The highest BCUT2D eigenvalue weighted by atomic mass is 31.3. The number of nitrogens with one attached hydrogen (secondary N) is 1. The molecular formula is C16H21N2O13P3. The van der Waals surface area contributed by atoms with Gasteiger partial charge in [-0.25, -0.2) is 18.2 Å². The molecule has 0 aliphatic carbocycles. The van der Waals surface area contributed by atoms with Crippen LogP contribution in [0.2, 0.25) is 0 Å². The maximum atomic E-state index is 12.2. The first-order valence-electron chi connectivity index (χ1n) is 9.46. The van der Waals surface area contributed by atoms with Gasteiger partial charge in [-0.05, 0) is 19.1 Å². The van der Waals surface area contributed by atoms with Gasteiger partial charge in [-0.1, -0.05) is 18.2 Å². The van der Waals surface area contributed by atoms with Crippen LogP contribution >= 0.6 is 23.2 Å². The van der Waals surface area contributed by atoms with Crippen LogP contribution in [0.25, 0.3) is 0 Å². The van der Waals surface area contributed by atoms with E-state index in [1.165, 1.54) is 31.3 Å². The summed E-state index contributed by atoms with van der Waals surface area (Å²) in [4.78, 5) is 54.8. The quantitative estimate of drug-likeness (QED) is 0.268. The molecule has 2 aromatic rings. The van der Waals surface area contributed by atoms with Crippen molar-refractivity contribution in [2.75, 3.05) is 6.61 Å². The monoisotopic (exact) mass is 542 g/mol. The summed E-state index contributed by atoms with van der Waals surface area (Å²) in [5, 5.41) is 9.77. The molecule has 0 amide bonds. The van der Waals surface area contributed by atoms with Gasteiger partial charge in [0, 0.05) is 18.2 Å². The molecule has 6 atom stereocenters. The minimum atomic E-state index is -5.59. The Morgan fingerprint density at radius 2 is 1.74 bits per heavy atom.